The fourth-order valence-corrected chi connectivity index (χ4v) is 1.91. The van der Waals surface area contributed by atoms with Crippen LogP contribution >= 0.6 is 0 Å². The van der Waals surface area contributed by atoms with Gasteiger partial charge in [0.25, 0.3) is 0 Å². The zero-order valence-electron chi connectivity index (χ0n) is 12.6. The molecule has 1 aromatic carbocycles. The van der Waals surface area contributed by atoms with Gasteiger partial charge in [-0.2, -0.15) is 0 Å². The first-order valence-corrected chi connectivity index (χ1v) is 6.20. The van der Waals surface area contributed by atoms with E-state index in [2.05, 4.69) is 0 Å². The molecule has 0 bridgehead atoms. The summed E-state index contributed by atoms with van der Waals surface area (Å²) in [6.07, 6.45) is 3.10. The number of methoxy groups -OCH3 is 2. The summed E-state index contributed by atoms with van der Waals surface area (Å²) < 4.78 is 10.4. The van der Waals surface area contributed by atoms with Crippen LogP contribution in [0.4, 0.5) is 0 Å². The zero-order valence-corrected chi connectivity index (χ0v) is 12.6. The van der Waals surface area contributed by atoms with Gasteiger partial charge >= 0.3 is 0 Å². The molecule has 0 fully saturated rings. The minimum atomic E-state index is -0.0711. The summed E-state index contributed by atoms with van der Waals surface area (Å²) in [5.41, 5.74) is 1.58. The van der Waals surface area contributed by atoms with E-state index in [0.717, 1.165) is 5.56 Å². The number of ketones is 1. The number of nitrogens with zero attached hydrogens (tertiary/aromatic N) is 1. The molecule has 0 aromatic heterocycles. The van der Waals surface area contributed by atoms with Crippen LogP contribution in [0.25, 0.3) is 6.08 Å². The van der Waals surface area contributed by atoms with Crippen LogP contribution in [0.1, 0.15) is 18.1 Å². The van der Waals surface area contributed by atoms with E-state index in [-0.39, 0.29) is 11.5 Å². The van der Waals surface area contributed by atoms with Gasteiger partial charge in [0.1, 0.15) is 0 Å². The lowest BCUT2D eigenvalue weighted by Crippen LogP contribution is -2.12. The Labute approximate surface area is 119 Å². The van der Waals surface area contributed by atoms with Gasteiger partial charge in [0.15, 0.2) is 17.3 Å². The maximum absolute atomic E-state index is 11.1. The first-order chi connectivity index (χ1) is 9.40. The van der Waals surface area contributed by atoms with Crippen LogP contribution in [-0.2, 0) is 11.3 Å². The number of aromatic hydroxyl groups is 1. The third-order valence-electron chi connectivity index (χ3n) is 2.74. The number of ether oxygens (including phenoxy) is 2. The molecule has 0 heterocycles. The van der Waals surface area contributed by atoms with E-state index < -0.39 is 0 Å². The molecule has 0 aliphatic carbocycles. The van der Waals surface area contributed by atoms with E-state index in [1.807, 2.05) is 19.0 Å². The van der Waals surface area contributed by atoms with Crippen LogP contribution in [0.2, 0.25) is 0 Å². The molecule has 0 unspecified atom stereocenters. The summed E-state index contributed by atoms with van der Waals surface area (Å²) in [6.45, 7) is 2.10. The minimum absolute atomic E-state index is 0.0688. The van der Waals surface area contributed by atoms with Crippen LogP contribution in [0.5, 0.6) is 17.2 Å². The van der Waals surface area contributed by atoms with Gasteiger partial charge < -0.3 is 19.5 Å². The molecule has 0 spiro atoms. The van der Waals surface area contributed by atoms with Crippen molar-refractivity contribution in [3.8, 4) is 17.2 Å². The van der Waals surface area contributed by atoms with Crippen LogP contribution in [-0.4, -0.2) is 44.1 Å². The molecular formula is C15H21NO4. The first kappa shape index (κ1) is 16.0. The number of allylic oxidation sites excluding steroid dienone is 1. The van der Waals surface area contributed by atoms with Gasteiger partial charge in [-0.25, -0.2) is 0 Å². The van der Waals surface area contributed by atoms with Crippen molar-refractivity contribution in [3.63, 3.8) is 0 Å². The van der Waals surface area contributed by atoms with E-state index in [4.69, 9.17) is 9.47 Å². The molecule has 5 nitrogen and oxygen atoms in total. The Morgan fingerprint density at radius 3 is 2.45 bits per heavy atom. The molecule has 0 radical (unpaired) electrons. The first-order valence-electron chi connectivity index (χ1n) is 6.20. The molecule has 0 aliphatic heterocycles. The Morgan fingerprint density at radius 1 is 1.35 bits per heavy atom. The molecule has 0 saturated heterocycles. The van der Waals surface area contributed by atoms with Crippen molar-refractivity contribution in [2.45, 2.75) is 13.5 Å². The van der Waals surface area contributed by atoms with Gasteiger partial charge in [0, 0.05) is 12.1 Å². The Kier molecular flexibility index (Phi) is 5.58. The second kappa shape index (κ2) is 6.96. The molecule has 20 heavy (non-hydrogen) atoms. The van der Waals surface area contributed by atoms with Crippen molar-refractivity contribution in [3.05, 3.63) is 23.3 Å². The maximum atomic E-state index is 11.1. The van der Waals surface area contributed by atoms with E-state index in [0.29, 0.717) is 23.6 Å². The van der Waals surface area contributed by atoms with Gasteiger partial charge in [0.2, 0.25) is 5.75 Å². The predicted octanol–water partition coefficient (Wildman–Crippen LogP) is 2.07. The lowest BCUT2D eigenvalue weighted by atomic mass is 10.0. The predicted molar refractivity (Wildman–Crippen MR) is 78.3 cm³/mol. The Balaban J connectivity index is 3.48. The largest absolute Gasteiger partial charge is 0.502 e. The smallest absolute Gasteiger partial charge is 0.201 e. The number of hydrogen-bond acceptors (Lipinski definition) is 5. The Morgan fingerprint density at radius 2 is 2.00 bits per heavy atom. The fraction of sp³-hybridized carbons (Fsp3) is 0.400. The molecule has 0 saturated carbocycles. The molecule has 1 rings (SSSR count). The number of rotatable bonds is 6. The highest BCUT2D eigenvalue weighted by Gasteiger charge is 2.18. The molecule has 1 N–H and O–H groups in total. The van der Waals surface area contributed by atoms with Crippen molar-refractivity contribution in [2.75, 3.05) is 28.3 Å². The molecule has 0 aliphatic rings. The third kappa shape index (κ3) is 3.74. The van der Waals surface area contributed by atoms with Gasteiger partial charge in [-0.3, -0.25) is 4.79 Å². The highest BCUT2D eigenvalue weighted by atomic mass is 16.5. The molecular weight excluding hydrogens is 258 g/mol. The van der Waals surface area contributed by atoms with Crippen molar-refractivity contribution < 1.29 is 19.4 Å². The Bertz CT molecular complexity index is 521. The number of carbonyl (C=O) groups is 1. The number of hydrogen-bond donors (Lipinski definition) is 1. The lowest BCUT2D eigenvalue weighted by molar-refractivity contribution is -0.112. The Hall–Kier alpha value is -2.01. The summed E-state index contributed by atoms with van der Waals surface area (Å²) >= 11 is 0. The average Bonchev–Trinajstić information content (AvgIpc) is 2.37. The highest BCUT2D eigenvalue weighted by Crippen LogP contribution is 2.42. The van der Waals surface area contributed by atoms with Gasteiger partial charge in [0.05, 0.1) is 14.2 Å². The van der Waals surface area contributed by atoms with Crippen molar-refractivity contribution >= 4 is 11.9 Å². The van der Waals surface area contributed by atoms with E-state index in [1.54, 1.807) is 12.1 Å². The summed E-state index contributed by atoms with van der Waals surface area (Å²) in [4.78, 5) is 13.1. The standard InChI is InChI=1S/C15H21NO4/c1-10(17)6-7-12-11(9-16(2)3)8-13(19-4)14(18)15(12)20-5/h6-8,18H,9H2,1-5H3/b7-6+. The van der Waals surface area contributed by atoms with E-state index >= 15 is 0 Å². The molecule has 5 heteroatoms. The van der Waals surface area contributed by atoms with Crippen molar-refractivity contribution in [2.24, 2.45) is 0 Å². The minimum Gasteiger partial charge on any atom is -0.502 e. The van der Waals surface area contributed by atoms with Gasteiger partial charge in [-0.1, -0.05) is 0 Å². The second-order valence-electron chi connectivity index (χ2n) is 4.72. The van der Waals surface area contributed by atoms with Crippen molar-refractivity contribution in [1.29, 1.82) is 0 Å². The quantitative estimate of drug-likeness (QED) is 0.808. The SMILES string of the molecule is COc1cc(CN(C)C)c(/C=C/C(C)=O)c(OC)c1O. The van der Waals surface area contributed by atoms with Crippen LogP contribution in [0.15, 0.2) is 12.1 Å². The number of phenolic OH excluding ortho intramolecular Hbond substituents is 1. The van der Waals surface area contributed by atoms with Gasteiger partial charge in [-0.05, 0) is 44.8 Å². The maximum Gasteiger partial charge on any atom is 0.201 e. The third-order valence-corrected chi connectivity index (χ3v) is 2.74. The summed E-state index contributed by atoms with van der Waals surface area (Å²) in [6, 6.07) is 1.75. The molecule has 0 amide bonds. The fourth-order valence-electron chi connectivity index (χ4n) is 1.91. The van der Waals surface area contributed by atoms with Crippen LogP contribution < -0.4 is 9.47 Å². The summed E-state index contributed by atoms with van der Waals surface area (Å²) in [7, 11) is 6.83. The average molecular weight is 279 g/mol. The number of phenols is 1. The van der Waals surface area contributed by atoms with Gasteiger partial charge in [-0.15, -0.1) is 0 Å². The van der Waals surface area contributed by atoms with Crippen LogP contribution in [0.3, 0.4) is 0 Å². The molecule has 110 valence electrons. The topological polar surface area (TPSA) is 59.0 Å². The van der Waals surface area contributed by atoms with Crippen LogP contribution in [0, 0.1) is 0 Å². The monoisotopic (exact) mass is 279 g/mol. The van der Waals surface area contributed by atoms with Crippen molar-refractivity contribution in [1.82, 2.24) is 4.90 Å². The van der Waals surface area contributed by atoms with E-state index in [1.165, 1.54) is 27.2 Å². The zero-order chi connectivity index (χ0) is 15.3. The summed E-state index contributed by atoms with van der Waals surface area (Å²) in [5, 5.41) is 10.1. The highest BCUT2D eigenvalue weighted by molar-refractivity contribution is 5.92. The number of carbonyl (C=O) groups excluding carboxylic acids is 1. The lowest BCUT2D eigenvalue weighted by Gasteiger charge is -2.18. The summed E-state index contributed by atoms with van der Waals surface area (Å²) in [5.74, 6) is 0.510. The molecule has 0 atom stereocenters. The number of benzene rings is 1. The van der Waals surface area contributed by atoms with E-state index in [9.17, 15) is 9.90 Å². The second-order valence-corrected chi connectivity index (χ2v) is 4.72. The normalized spacial score (nSPS) is 11.1. The molecule has 1 aromatic rings.